The lowest BCUT2D eigenvalue weighted by molar-refractivity contribution is -0.116. The van der Waals surface area contributed by atoms with E-state index in [4.69, 9.17) is 4.42 Å². The second kappa shape index (κ2) is 8.23. The second-order valence-electron chi connectivity index (χ2n) is 7.09. The molecule has 0 spiro atoms. The number of hydrogen-bond donors (Lipinski definition) is 1. The van der Waals surface area contributed by atoms with E-state index in [1.54, 1.807) is 24.5 Å². The number of hydrogen-bond acceptors (Lipinski definition) is 6. The Hall–Kier alpha value is -3.65. The minimum atomic E-state index is -0.00754. The Labute approximate surface area is 182 Å². The molecule has 0 unspecified atom stereocenters. The molecular formula is C23H18N4O3S. The van der Waals surface area contributed by atoms with Crippen LogP contribution in [-0.2, 0) is 11.2 Å². The number of aromatic nitrogens is 3. The van der Waals surface area contributed by atoms with E-state index in [9.17, 15) is 9.59 Å². The van der Waals surface area contributed by atoms with E-state index in [1.165, 1.54) is 11.8 Å². The zero-order valence-corrected chi connectivity index (χ0v) is 17.3. The third-order valence-electron chi connectivity index (χ3n) is 5.04. The highest BCUT2D eigenvalue weighted by Crippen LogP contribution is 2.29. The summed E-state index contributed by atoms with van der Waals surface area (Å²) in [4.78, 5) is 24.4. The van der Waals surface area contributed by atoms with E-state index in [0.29, 0.717) is 35.1 Å². The first kappa shape index (κ1) is 19.3. The number of nitrogens with zero attached hydrogens (tertiary/aromatic N) is 3. The Kier molecular flexibility index (Phi) is 5.13. The molecule has 4 aromatic rings. The van der Waals surface area contributed by atoms with E-state index in [-0.39, 0.29) is 17.4 Å². The largest absolute Gasteiger partial charge is 0.461 e. The minimum absolute atomic E-state index is 0.00754. The zero-order valence-electron chi connectivity index (χ0n) is 16.4. The maximum absolute atomic E-state index is 12.9. The summed E-state index contributed by atoms with van der Waals surface area (Å²) in [5.41, 5.74) is 3.29. The van der Waals surface area contributed by atoms with Crippen molar-refractivity contribution in [3.8, 4) is 17.3 Å². The fourth-order valence-corrected chi connectivity index (χ4v) is 4.36. The summed E-state index contributed by atoms with van der Waals surface area (Å²) in [6.07, 6.45) is 2.67. The molecule has 5 rings (SSSR count). The molecule has 1 amide bonds. The third-order valence-corrected chi connectivity index (χ3v) is 5.97. The highest BCUT2D eigenvalue weighted by Gasteiger charge is 2.20. The smallest absolute Gasteiger partial charge is 0.224 e. The van der Waals surface area contributed by atoms with Crippen molar-refractivity contribution in [2.45, 2.75) is 18.0 Å². The molecule has 31 heavy (non-hydrogen) atoms. The first-order valence-electron chi connectivity index (χ1n) is 9.82. The van der Waals surface area contributed by atoms with Crippen molar-refractivity contribution in [3.63, 3.8) is 0 Å². The Morgan fingerprint density at radius 1 is 1.06 bits per heavy atom. The van der Waals surface area contributed by atoms with Gasteiger partial charge in [0.15, 0.2) is 16.7 Å². The van der Waals surface area contributed by atoms with Gasteiger partial charge in [0, 0.05) is 23.4 Å². The number of fused-ring (bicyclic) bond motifs is 1. The molecule has 1 N–H and O–H groups in total. The number of anilines is 1. The van der Waals surface area contributed by atoms with Crippen LogP contribution in [0.15, 0.2) is 76.5 Å². The molecule has 1 aliphatic heterocycles. The second-order valence-corrected chi connectivity index (χ2v) is 8.03. The van der Waals surface area contributed by atoms with Crippen molar-refractivity contribution in [2.75, 3.05) is 11.1 Å². The average molecular weight is 430 g/mol. The van der Waals surface area contributed by atoms with Gasteiger partial charge in [-0.2, -0.15) is 0 Å². The van der Waals surface area contributed by atoms with Crippen molar-refractivity contribution in [1.82, 2.24) is 14.8 Å². The first-order chi connectivity index (χ1) is 15.2. The summed E-state index contributed by atoms with van der Waals surface area (Å²) in [5, 5.41) is 12.1. The van der Waals surface area contributed by atoms with Gasteiger partial charge in [0.05, 0.1) is 12.0 Å². The van der Waals surface area contributed by atoms with Gasteiger partial charge in [0.2, 0.25) is 11.7 Å². The normalized spacial score (nSPS) is 13.0. The first-order valence-corrected chi connectivity index (χ1v) is 10.8. The SMILES string of the molecule is O=C1CCc2cc(C(=O)CSc3nnc(-c4ccco4)n3-c3ccccc3)ccc2N1. The lowest BCUT2D eigenvalue weighted by Gasteiger charge is -2.17. The zero-order chi connectivity index (χ0) is 21.2. The van der Waals surface area contributed by atoms with Crippen LogP contribution in [-0.4, -0.2) is 32.2 Å². The number of benzene rings is 2. The Morgan fingerprint density at radius 3 is 2.74 bits per heavy atom. The standard InChI is InChI=1S/C23H18N4O3S/c28-19(16-8-10-18-15(13-16)9-11-21(29)24-18)14-31-23-26-25-22(20-7-4-12-30-20)27(23)17-5-2-1-3-6-17/h1-8,10,12-13H,9,11,14H2,(H,24,29). The monoisotopic (exact) mass is 430 g/mol. The van der Waals surface area contributed by atoms with Crippen LogP contribution in [0.3, 0.4) is 0 Å². The molecule has 0 aliphatic carbocycles. The number of para-hydroxylation sites is 1. The summed E-state index contributed by atoms with van der Waals surface area (Å²) in [7, 11) is 0. The molecule has 0 atom stereocenters. The Bertz CT molecular complexity index is 1250. The number of rotatable bonds is 6. The van der Waals surface area contributed by atoms with Crippen molar-refractivity contribution < 1.29 is 14.0 Å². The van der Waals surface area contributed by atoms with E-state index in [2.05, 4.69) is 15.5 Å². The van der Waals surface area contributed by atoms with Crippen molar-refractivity contribution in [1.29, 1.82) is 0 Å². The fourth-order valence-electron chi connectivity index (χ4n) is 3.51. The van der Waals surface area contributed by atoms with Crippen molar-refractivity contribution >= 4 is 29.1 Å². The van der Waals surface area contributed by atoms with Crippen LogP contribution < -0.4 is 5.32 Å². The lowest BCUT2D eigenvalue weighted by Crippen LogP contribution is -2.19. The fraction of sp³-hybridized carbons (Fsp3) is 0.130. The molecule has 0 saturated heterocycles. The topological polar surface area (TPSA) is 90.0 Å². The van der Waals surface area contributed by atoms with Gasteiger partial charge in [-0.25, -0.2) is 0 Å². The van der Waals surface area contributed by atoms with Crippen molar-refractivity contribution in [3.05, 3.63) is 78.1 Å². The number of thioether (sulfide) groups is 1. The molecule has 2 aromatic carbocycles. The number of ketones is 1. The Balaban J connectivity index is 1.40. The van der Waals surface area contributed by atoms with Crippen LogP contribution in [0, 0.1) is 0 Å². The van der Waals surface area contributed by atoms with Crippen LogP contribution in [0.25, 0.3) is 17.3 Å². The number of carbonyl (C=O) groups excluding carboxylic acids is 2. The molecule has 7 nitrogen and oxygen atoms in total. The maximum atomic E-state index is 12.9. The highest BCUT2D eigenvalue weighted by molar-refractivity contribution is 7.99. The predicted octanol–water partition coefficient (Wildman–Crippen LogP) is 4.39. The van der Waals surface area contributed by atoms with Gasteiger partial charge in [-0.1, -0.05) is 30.0 Å². The molecule has 0 radical (unpaired) electrons. The van der Waals surface area contributed by atoms with E-state index in [1.807, 2.05) is 47.0 Å². The summed E-state index contributed by atoms with van der Waals surface area (Å²) in [5.74, 6) is 1.40. The number of nitrogens with one attached hydrogen (secondary N) is 1. The molecular weight excluding hydrogens is 412 g/mol. The number of Topliss-reactive ketones (excluding diaryl/α,β-unsaturated/α-hetero) is 1. The summed E-state index contributed by atoms with van der Waals surface area (Å²) < 4.78 is 7.41. The highest BCUT2D eigenvalue weighted by atomic mass is 32.2. The number of carbonyl (C=O) groups is 2. The summed E-state index contributed by atoms with van der Waals surface area (Å²) >= 11 is 1.33. The molecule has 154 valence electrons. The quantitative estimate of drug-likeness (QED) is 0.360. The van der Waals surface area contributed by atoms with Gasteiger partial charge in [-0.15, -0.1) is 10.2 Å². The van der Waals surface area contributed by atoms with Gasteiger partial charge < -0.3 is 9.73 Å². The number of aryl methyl sites for hydroxylation is 1. The molecule has 0 saturated carbocycles. The van der Waals surface area contributed by atoms with Gasteiger partial charge in [0.1, 0.15) is 0 Å². The Morgan fingerprint density at radius 2 is 1.94 bits per heavy atom. The lowest BCUT2D eigenvalue weighted by atomic mass is 9.99. The van der Waals surface area contributed by atoms with Crippen LogP contribution in [0.1, 0.15) is 22.3 Å². The van der Waals surface area contributed by atoms with Crippen molar-refractivity contribution in [2.24, 2.45) is 0 Å². The maximum Gasteiger partial charge on any atom is 0.224 e. The number of furan rings is 1. The third kappa shape index (κ3) is 3.89. The molecule has 8 heteroatoms. The molecule has 3 heterocycles. The number of amides is 1. The van der Waals surface area contributed by atoms with E-state index >= 15 is 0 Å². The van der Waals surface area contributed by atoms with E-state index < -0.39 is 0 Å². The predicted molar refractivity (Wildman–Crippen MR) is 118 cm³/mol. The van der Waals surface area contributed by atoms with E-state index in [0.717, 1.165) is 16.9 Å². The molecule has 2 aromatic heterocycles. The molecule has 0 bridgehead atoms. The van der Waals surface area contributed by atoms with Crippen LogP contribution in [0.4, 0.5) is 5.69 Å². The average Bonchev–Trinajstić information content (AvgIpc) is 3.47. The summed E-state index contributed by atoms with van der Waals surface area (Å²) in [6.45, 7) is 0. The van der Waals surface area contributed by atoms with Gasteiger partial charge >= 0.3 is 0 Å². The molecule has 1 aliphatic rings. The van der Waals surface area contributed by atoms with Gasteiger partial charge in [0.25, 0.3) is 0 Å². The van der Waals surface area contributed by atoms with Gasteiger partial charge in [-0.05, 0) is 54.4 Å². The van der Waals surface area contributed by atoms with Crippen LogP contribution in [0.2, 0.25) is 0 Å². The summed E-state index contributed by atoms with van der Waals surface area (Å²) in [6, 6.07) is 18.8. The van der Waals surface area contributed by atoms with Crippen LogP contribution in [0.5, 0.6) is 0 Å². The molecule has 0 fully saturated rings. The minimum Gasteiger partial charge on any atom is -0.461 e. The van der Waals surface area contributed by atoms with Gasteiger partial charge in [-0.3, -0.25) is 14.2 Å². The van der Waals surface area contributed by atoms with Crippen LogP contribution >= 0.6 is 11.8 Å².